The van der Waals surface area contributed by atoms with Gasteiger partial charge >= 0.3 is 0 Å². The third kappa shape index (κ3) is 3.72. The van der Waals surface area contributed by atoms with Crippen LogP contribution >= 0.6 is 23.2 Å². The summed E-state index contributed by atoms with van der Waals surface area (Å²) in [7, 11) is 0. The quantitative estimate of drug-likeness (QED) is 0.821. The lowest BCUT2D eigenvalue weighted by Crippen LogP contribution is -2.10. The van der Waals surface area contributed by atoms with Gasteiger partial charge in [-0.15, -0.1) is 0 Å². The van der Waals surface area contributed by atoms with Crippen LogP contribution in [0.25, 0.3) is 0 Å². The molecule has 0 spiro atoms. The molecule has 0 aliphatic heterocycles. The van der Waals surface area contributed by atoms with Crippen molar-refractivity contribution in [3.05, 3.63) is 70.8 Å². The summed E-state index contributed by atoms with van der Waals surface area (Å²) in [5, 5.41) is 19.2. The van der Waals surface area contributed by atoms with Crippen molar-refractivity contribution in [2.45, 2.75) is 12.2 Å². The molecule has 0 aliphatic rings. The molecule has 0 bridgehead atoms. The highest BCUT2D eigenvalue weighted by molar-refractivity contribution is 6.68. The van der Waals surface area contributed by atoms with Crippen molar-refractivity contribution in [2.75, 3.05) is 0 Å². The van der Waals surface area contributed by atoms with Crippen LogP contribution in [0.15, 0.2) is 48.5 Å². The van der Waals surface area contributed by atoms with E-state index < -0.39 is 22.7 Å². The normalized spacial score (nSPS) is 13.5. The largest absolute Gasteiger partial charge is 0.385 e. The average molecular weight is 339 g/mol. The van der Waals surface area contributed by atoms with Crippen LogP contribution in [0.5, 0.6) is 0 Å². The maximum absolute atomic E-state index is 11.0. The Morgan fingerprint density at radius 1 is 0.682 bits per heavy atom. The molecule has 0 aliphatic carbocycles. The van der Waals surface area contributed by atoms with Crippen LogP contribution in [-0.4, -0.2) is 20.7 Å². The molecule has 2 atom stereocenters. The molecule has 0 aromatic heterocycles. The van der Waals surface area contributed by atoms with Gasteiger partial charge in [0.15, 0.2) is 0 Å². The summed E-state index contributed by atoms with van der Waals surface area (Å²) in [4.78, 5) is 22.0. The summed E-state index contributed by atoms with van der Waals surface area (Å²) < 4.78 is 0. The molecule has 6 heteroatoms. The third-order valence-electron chi connectivity index (χ3n) is 3.26. The Morgan fingerprint density at radius 3 is 1.18 bits per heavy atom. The van der Waals surface area contributed by atoms with E-state index in [1.807, 2.05) is 0 Å². The summed E-state index contributed by atoms with van der Waals surface area (Å²) in [6, 6.07) is 11.9. The Hall–Kier alpha value is -1.72. The molecule has 2 aromatic carbocycles. The van der Waals surface area contributed by atoms with Gasteiger partial charge in [0.1, 0.15) is 12.2 Å². The number of hydrogen-bond acceptors (Lipinski definition) is 4. The first kappa shape index (κ1) is 16.6. The lowest BCUT2D eigenvalue weighted by molar-refractivity contribution is 0.0172. The molecule has 2 N–H and O–H groups in total. The minimum Gasteiger partial charge on any atom is -0.385 e. The Morgan fingerprint density at radius 2 is 0.955 bits per heavy atom. The molecule has 0 saturated carbocycles. The van der Waals surface area contributed by atoms with Crippen molar-refractivity contribution >= 4 is 33.7 Å². The first-order valence-corrected chi connectivity index (χ1v) is 7.11. The summed E-state index contributed by atoms with van der Waals surface area (Å²) in [6.07, 6.45) is -2.37. The highest BCUT2D eigenvalue weighted by Gasteiger charge is 2.20. The van der Waals surface area contributed by atoms with Gasteiger partial charge in [-0.3, -0.25) is 9.59 Å². The topological polar surface area (TPSA) is 74.6 Å². The average Bonchev–Trinajstić information content (AvgIpc) is 2.53. The molecule has 0 saturated heterocycles. The lowest BCUT2D eigenvalue weighted by atomic mass is 9.97. The van der Waals surface area contributed by atoms with E-state index >= 15 is 0 Å². The van der Waals surface area contributed by atoms with Gasteiger partial charge in [0.2, 0.25) is 0 Å². The Kier molecular flexibility index (Phi) is 5.32. The van der Waals surface area contributed by atoms with E-state index in [0.29, 0.717) is 22.3 Å². The fraction of sp³-hybridized carbons (Fsp3) is 0.125. The predicted octanol–water partition coefficient (Wildman–Crippen LogP) is 3.21. The van der Waals surface area contributed by atoms with Crippen LogP contribution in [0, 0.1) is 0 Å². The Labute approximate surface area is 136 Å². The molecule has 0 heterocycles. The van der Waals surface area contributed by atoms with E-state index in [9.17, 15) is 19.8 Å². The molecule has 2 aromatic rings. The number of carbonyl (C=O) groups excluding carboxylic acids is 2. The molecule has 0 fully saturated rings. The standard InChI is InChI=1S/C16H12Cl2O4/c17-15(21)11-5-1-9(2-6-11)13(19)14(20)10-3-7-12(8-4-10)16(18)22/h1-8,13-14,19-20H. The second kappa shape index (κ2) is 7.03. The lowest BCUT2D eigenvalue weighted by Gasteiger charge is -2.19. The zero-order chi connectivity index (χ0) is 16.3. The molecule has 0 amide bonds. The van der Waals surface area contributed by atoms with Crippen LogP contribution in [-0.2, 0) is 0 Å². The molecule has 2 rings (SSSR count). The highest BCUT2D eigenvalue weighted by Crippen LogP contribution is 2.29. The third-order valence-corrected chi connectivity index (χ3v) is 3.69. The van der Waals surface area contributed by atoms with Gasteiger partial charge in [-0.05, 0) is 58.6 Å². The molecular weight excluding hydrogens is 327 g/mol. The number of halogens is 2. The van der Waals surface area contributed by atoms with E-state index in [1.54, 1.807) is 0 Å². The van der Waals surface area contributed by atoms with E-state index in [-0.39, 0.29) is 0 Å². The van der Waals surface area contributed by atoms with Crippen LogP contribution in [0.2, 0.25) is 0 Å². The second-order valence-corrected chi connectivity index (χ2v) is 5.37. The molecular formula is C16H12Cl2O4. The molecule has 4 nitrogen and oxygen atoms in total. The van der Waals surface area contributed by atoms with Gasteiger partial charge < -0.3 is 10.2 Å². The molecule has 2 unspecified atom stereocenters. The van der Waals surface area contributed by atoms with Crippen molar-refractivity contribution in [2.24, 2.45) is 0 Å². The number of carbonyl (C=O) groups is 2. The van der Waals surface area contributed by atoms with Gasteiger partial charge in [-0.2, -0.15) is 0 Å². The zero-order valence-electron chi connectivity index (χ0n) is 11.2. The van der Waals surface area contributed by atoms with E-state index in [0.717, 1.165) is 0 Å². The van der Waals surface area contributed by atoms with Crippen LogP contribution < -0.4 is 0 Å². The fourth-order valence-electron chi connectivity index (χ4n) is 1.99. The SMILES string of the molecule is O=C(Cl)c1ccc(C(O)C(O)c2ccc(C(=O)Cl)cc2)cc1. The van der Waals surface area contributed by atoms with Gasteiger partial charge in [-0.1, -0.05) is 24.3 Å². The summed E-state index contributed by atoms with van der Waals surface area (Å²) in [5.74, 6) is 0. The van der Waals surface area contributed by atoms with Gasteiger partial charge in [0.05, 0.1) is 0 Å². The Bertz CT molecular complexity index is 619. The maximum Gasteiger partial charge on any atom is 0.252 e. The van der Waals surface area contributed by atoms with Crippen LogP contribution in [0.1, 0.15) is 44.1 Å². The molecule has 22 heavy (non-hydrogen) atoms. The van der Waals surface area contributed by atoms with Crippen molar-refractivity contribution in [1.29, 1.82) is 0 Å². The van der Waals surface area contributed by atoms with Crippen LogP contribution in [0.3, 0.4) is 0 Å². The predicted molar refractivity (Wildman–Crippen MR) is 83.2 cm³/mol. The van der Waals surface area contributed by atoms with Crippen LogP contribution in [0.4, 0.5) is 0 Å². The number of hydrogen-bond donors (Lipinski definition) is 2. The molecule has 114 valence electrons. The first-order valence-electron chi connectivity index (χ1n) is 6.36. The number of rotatable bonds is 5. The van der Waals surface area contributed by atoms with Crippen molar-refractivity contribution < 1.29 is 19.8 Å². The van der Waals surface area contributed by atoms with E-state index in [4.69, 9.17) is 23.2 Å². The van der Waals surface area contributed by atoms with Gasteiger partial charge in [0, 0.05) is 11.1 Å². The van der Waals surface area contributed by atoms with Gasteiger partial charge in [0.25, 0.3) is 10.5 Å². The summed E-state index contributed by atoms with van der Waals surface area (Å²) in [5.41, 5.74) is 1.48. The maximum atomic E-state index is 11.0. The smallest absolute Gasteiger partial charge is 0.252 e. The monoisotopic (exact) mass is 338 g/mol. The zero-order valence-corrected chi connectivity index (χ0v) is 12.8. The number of aliphatic hydroxyl groups excluding tert-OH is 2. The van der Waals surface area contributed by atoms with E-state index in [1.165, 1.54) is 48.5 Å². The van der Waals surface area contributed by atoms with Crippen molar-refractivity contribution in [3.63, 3.8) is 0 Å². The number of aliphatic hydroxyl groups is 2. The Balaban J connectivity index is 2.18. The number of benzene rings is 2. The summed E-state index contributed by atoms with van der Waals surface area (Å²) >= 11 is 10.7. The minimum absolute atomic E-state index is 0.303. The van der Waals surface area contributed by atoms with Gasteiger partial charge in [-0.25, -0.2) is 0 Å². The highest BCUT2D eigenvalue weighted by atomic mass is 35.5. The summed E-state index contributed by atoms with van der Waals surface area (Å²) in [6.45, 7) is 0. The molecule has 0 radical (unpaired) electrons. The van der Waals surface area contributed by atoms with Crippen molar-refractivity contribution in [3.8, 4) is 0 Å². The first-order chi connectivity index (χ1) is 10.4. The fourth-order valence-corrected chi connectivity index (χ4v) is 2.24. The van der Waals surface area contributed by atoms with E-state index in [2.05, 4.69) is 0 Å². The second-order valence-electron chi connectivity index (χ2n) is 4.68. The van der Waals surface area contributed by atoms with Crippen molar-refractivity contribution in [1.82, 2.24) is 0 Å². The minimum atomic E-state index is -1.18.